The molecule has 0 bridgehead atoms. The van der Waals surface area contributed by atoms with E-state index < -0.39 is 13.7 Å². The summed E-state index contributed by atoms with van der Waals surface area (Å²) in [5.41, 5.74) is 11.1. The molecule has 80 heavy (non-hydrogen) atoms. The molecular formula is C68H55B2N7OS2. The third-order valence-corrected chi connectivity index (χ3v) is 17.2. The van der Waals surface area contributed by atoms with Gasteiger partial charge in [0.1, 0.15) is 27.4 Å². The number of aromatic nitrogens is 4. The Kier molecular flexibility index (Phi) is 14.9. The number of hydrogen-bond acceptors (Lipinski definition) is 7. The maximum absolute atomic E-state index is 12.3. The maximum atomic E-state index is 12.3. The molecule has 12 rings (SSSR count). The molecule has 0 aliphatic rings. The van der Waals surface area contributed by atoms with Gasteiger partial charge in [-0.05, 0) is 86.1 Å². The van der Waals surface area contributed by atoms with Crippen LogP contribution in [0.1, 0.15) is 35.8 Å². The van der Waals surface area contributed by atoms with Gasteiger partial charge in [0.2, 0.25) is 5.70 Å². The zero-order valence-electron chi connectivity index (χ0n) is 44.8. The minimum absolute atomic E-state index is 0.403. The second-order valence-electron chi connectivity index (χ2n) is 19.8. The highest BCUT2D eigenvalue weighted by atomic mass is 32.1. The molecule has 0 amide bonds. The van der Waals surface area contributed by atoms with E-state index in [0.717, 1.165) is 113 Å². The fraction of sp³-hybridized carbons (Fsp3) is 0.118. The molecule has 0 saturated carbocycles. The number of ether oxygens (including phenoxy) is 1. The van der Waals surface area contributed by atoms with E-state index in [9.17, 15) is 11.8 Å². The molecule has 12 heteroatoms. The van der Waals surface area contributed by atoms with Crippen molar-refractivity contribution in [2.24, 2.45) is 0 Å². The van der Waals surface area contributed by atoms with Crippen LogP contribution in [0.15, 0.2) is 218 Å². The van der Waals surface area contributed by atoms with Crippen molar-refractivity contribution < 1.29 is 4.74 Å². The van der Waals surface area contributed by atoms with Crippen molar-refractivity contribution in [2.75, 3.05) is 26.2 Å². The van der Waals surface area contributed by atoms with Gasteiger partial charge in [0.05, 0.1) is 39.0 Å². The van der Waals surface area contributed by atoms with Gasteiger partial charge in [-0.15, -0.1) is 22.7 Å². The molecule has 0 aliphatic carbocycles. The molecule has 8 nitrogen and oxygen atoms in total. The van der Waals surface area contributed by atoms with Gasteiger partial charge in [0.25, 0.3) is 0 Å². The first-order valence-electron chi connectivity index (χ1n) is 27.2. The third-order valence-electron chi connectivity index (χ3n) is 15.1. The molecule has 386 valence electrons. The van der Waals surface area contributed by atoms with Crippen LogP contribution in [-0.4, -0.2) is 63.8 Å². The summed E-state index contributed by atoms with van der Waals surface area (Å²) in [6.45, 7) is 18.7. The molecule has 0 aliphatic heterocycles. The lowest BCUT2D eigenvalue weighted by atomic mass is 9.50. The highest BCUT2D eigenvalue weighted by Gasteiger charge is 2.38. The fourth-order valence-electron chi connectivity index (χ4n) is 11.4. The average Bonchev–Trinajstić information content (AvgIpc) is 4.39. The number of para-hydroxylation sites is 2. The third kappa shape index (κ3) is 9.73. The van der Waals surface area contributed by atoms with E-state index in [-0.39, 0.29) is 0 Å². The van der Waals surface area contributed by atoms with Gasteiger partial charge in [0.15, 0.2) is 0 Å². The van der Waals surface area contributed by atoms with E-state index in [0.29, 0.717) is 38.6 Å². The van der Waals surface area contributed by atoms with Crippen LogP contribution < -0.4 is 37.3 Å². The monoisotopic (exact) mass is 1070 g/mol. The van der Waals surface area contributed by atoms with Gasteiger partial charge in [-0.2, -0.15) is 5.26 Å². The quantitative estimate of drug-likeness (QED) is 0.0516. The largest absolute Gasteiger partial charge is 0.494 e. The minimum atomic E-state index is -0.491. The summed E-state index contributed by atoms with van der Waals surface area (Å²) in [6, 6.07) is 78.4. The molecule has 0 atom stereocenters. The van der Waals surface area contributed by atoms with E-state index in [4.69, 9.17) is 14.7 Å². The maximum Gasteiger partial charge on any atom is 0.328 e. The minimum Gasteiger partial charge on any atom is -0.494 e. The van der Waals surface area contributed by atoms with Crippen molar-refractivity contribution in [2.45, 2.75) is 27.2 Å². The van der Waals surface area contributed by atoms with E-state index in [1.54, 1.807) is 0 Å². The number of hydrogen-bond donors (Lipinski definition) is 0. The Morgan fingerprint density at radius 3 is 1.54 bits per heavy atom. The zero-order valence-corrected chi connectivity index (χ0v) is 46.5. The second-order valence-corrected chi connectivity index (χ2v) is 21.9. The number of aryl methyl sites for hydroxylation is 1. The standard InChI is InChI=1S/C68H55B2N7OS2/c1-5-75(6-2)44-25-45-78-53-42-40-48(41-43-53)63-60-61(66(62(72-4)68-74-57-37-22-24-39-59(57)80-68)76(63)69(49-27-11-7-12-28-49)50-29-13-8-14-30-50)64(54-35-20-19-26-47(54)3)77(70(51-31-15-9-16-32-51)52-33-17-10-18-34-52)65(60)55(46-71)67-73-56-36-21-23-38-58(56)79-67/h7-24,26-43H,5-6,25,44-45H2,1-3H3/b65-55-,66-62+. The Labute approximate surface area is 475 Å². The smallest absolute Gasteiger partial charge is 0.328 e. The first kappa shape index (κ1) is 51.7. The SMILES string of the molecule is [C-]#[N+]/C(c1nc2ccccc2s1)=c1\c2c(-c3ccccc3C)n(B(c3ccccc3)c3ccccc3)/c(=C(/C#N)c3nc4ccccc4s3)c2c(-c2ccc(OCCCN(CC)CC)cc2)n1B(c1ccccc1)c1ccccc1. The Hall–Kier alpha value is -9.03. The van der Waals surface area contributed by atoms with E-state index in [1.165, 1.54) is 22.7 Å². The number of thiazole rings is 2. The fourth-order valence-corrected chi connectivity index (χ4v) is 13.3. The molecule has 0 saturated heterocycles. The summed E-state index contributed by atoms with van der Waals surface area (Å²) in [6.07, 6.45) is 0.897. The number of nitriles is 1. The van der Waals surface area contributed by atoms with Crippen LogP contribution >= 0.6 is 22.7 Å². The number of rotatable bonds is 17. The second kappa shape index (κ2) is 23.1. The zero-order chi connectivity index (χ0) is 54.5. The van der Waals surface area contributed by atoms with E-state index >= 15 is 0 Å². The Balaban J connectivity index is 1.36. The Morgan fingerprint density at radius 1 is 0.575 bits per heavy atom. The van der Waals surface area contributed by atoms with Gasteiger partial charge >= 0.3 is 13.7 Å². The summed E-state index contributed by atoms with van der Waals surface area (Å²) >= 11 is 3.04. The lowest BCUT2D eigenvalue weighted by Crippen LogP contribution is -2.54. The molecule has 12 aromatic rings. The first-order chi connectivity index (χ1) is 39.5. The van der Waals surface area contributed by atoms with Crippen LogP contribution in [0.25, 0.3) is 69.8 Å². The lowest BCUT2D eigenvalue weighted by molar-refractivity contribution is 0.249. The summed E-state index contributed by atoms with van der Waals surface area (Å²) in [5.74, 6) is 0.763. The van der Waals surface area contributed by atoms with Gasteiger partial charge in [-0.25, -0.2) is 14.8 Å². The Morgan fingerprint density at radius 2 is 1.04 bits per heavy atom. The molecule has 4 heterocycles. The van der Waals surface area contributed by atoms with Crippen molar-refractivity contribution in [3.05, 3.63) is 256 Å². The molecule has 0 N–H and O–H groups in total. The van der Waals surface area contributed by atoms with Crippen molar-refractivity contribution in [3.63, 3.8) is 0 Å². The van der Waals surface area contributed by atoms with E-state index in [1.807, 2.05) is 36.4 Å². The van der Waals surface area contributed by atoms with Crippen LogP contribution in [-0.2, 0) is 0 Å². The van der Waals surface area contributed by atoms with Crippen molar-refractivity contribution >= 4 is 101 Å². The Bertz CT molecular complexity index is 4140. The summed E-state index contributed by atoms with van der Waals surface area (Å²) in [5, 5.41) is 16.5. The number of nitrogens with zero attached hydrogens (tertiary/aromatic N) is 7. The number of benzene rings is 8. The van der Waals surface area contributed by atoms with Gasteiger partial charge in [0, 0.05) is 39.6 Å². The predicted octanol–water partition coefficient (Wildman–Crippen LogP) is 11.5. The average molecular weight is 1070 g/mol. The lowest BCUT2D eigenvalue weighted by Gasteiger charge is -2.25. The van der Waals surface area contributed by atoms with Crippen LogP contribution in [0.4, 0.5) is 0 Å². The van der Waals surface area contributed by atoms with Gasteiger partial charge in [-0.1, -0.05) is 206 Å². The molecule has 0 unspecified atom stereocenters. The van der Waals surface area contributed by atoms with Crippen LogP contribution in [0, 0.1) is 24.8 Å². The molecule has 0 fully saturated rings. The highest BCUT2D eigenvalue weighted by molar-refractivity contribution is 7.20. The van der Waals surface area contributed by atoms with Crippen molar-refractivity contribution in [1.82, 2.24) is 23.8 Å². The van der Waals surface area contributed by atoms with Crippen molar-refractivity contribution in [1.29, 1.82) is 5.26 Å². The summed E-state index contributed by atoms with van der Waals surface area (Å²) in [4.78, 5) is 17.7. The van der Waals surface area contributed by atoms with E-state index in [2.05, 4.69) is 228 Å². The molecular weight excluding hydrogens is 1020 g/mol. The first-order valence-corrected chi connectivity index (χ1v) is 28.9. The van der Waals surface area contributed by atoms with Gasteiger partial charge in [-0.3, -0.25) is 0 Å². The summed E-state index contributed by atoms with van der Waals surface area (Å²) in [7, 11) is 0. The van der Waals surface area contributed by atoms with Crippen LogP contribution in [0.5, 0.6) is 5.75 Å². The van der Waals surface area contributed by atoms with Crippen LogP contribution in [0.3, 0.4) is 0 Å². The van der Waals surface area contributed by atoms with Crippen LogP contribution in [0.2, 0.25) is 0 Å². The topological polar surface area (TPSA) is 76.3 Å². The normalized spacial score (nSPS) is 12.2. The highest BCUT2D eigenvalue weighted by Crippen LogP contribution is 2.39. The van der Waals surface area contributed by atoms with Gasteiger partial charge < -0.3 is 18.6 Å². The predicted molar refractivity (Wildman–Crippen MR) is 336 cm³/mol. The van der Waals surface area contributed by atoms with Crippen molar-refractivity contribution in [3.8, 4) is 34.3 Å². The number of fused-ring (bicyclic) bond motifs is 3. The molecule has 0 spiro atoms. The molecule has 0 radical (unpaired) electrons. The molecule has 8 aromatic carbocycles. The molecule has 4 aromatic heterocycles. The summed E-state index contributed by atoms with van der Waals surface area (Å²) < 4.78 is 13.3.